The van der Waals surface area contributed by atoms with Crippen molar-refractivity contribution in [1.29, 1.82) is 0 Å². The molecule has 0 saturated heterocycles. The number of anilines is 4. The molecule has 4 rings (SSSR count). The molecule has 0 saturated carbocycles. The predicted octanol–water partition coefficient (Wildman–Crippen LogP) is 2.52. The largest absolute Gasteiger partial charge is 1.00 e. The van der Waals surface area contributed by atoms with Crippen LogP contribution in [-0.2, 0) is 17.1 Å². The van der Waals surface area contributed by atoms with Gasteiger partial charge in [0.05, 0.1) is 6.61 Å². The molecule has 4 aromatic rings. The van der Waals surface area contributed by atoms with Gasteiger partial charge in [-0.15, -0.1) is 22.7 Å². The van der Waals surface area contributed by atoms with Crippen molar-refractivity contribution in [2.45, 2.75) is 40.6 Å². The molecule has 6 N–H and O–H groups in total. The summed E-state index contributed by atoms with van der Waals surface area (Å²) < 4.78 is 80.6. The second-order valence-corrected chi connectivity index (χ2v) is 9.50. The van der Waals surface area contributed by atoms with Gasteiger partial charge >= 0.3 is 43.2 Å². The summed E-state index contributed by atoms with van der Waals surface area (Å²) in [5.74, 6) is -2.36. The molecule has 0 amide bonds. The third-order valence-corrected chi connectivity index (χ3v) is 5.95. The molecule has 4 heterocycles. The Hall–Kier alpha value is -3.94. The number of thiazole rings is 2. The molecule has 4 aromatic heterocycles. The molecule has 0 fully saturated rings. The Balaban J connectivity index is 0. The van der Waals surface area contributed by atoms with E-state index in [9.17, 15) is 35.9 Å². The SMILES string of the molecule is C.CCOC(=O)c1csc(Nc2nc(C)cc(C(F)(F)F)n2)n1.Cc1cc(C(F)(F)F)nc(Nc2nc(C(=O)O)cs2)n1.O.[Li+].[OH-]. The first-order valence-electron chi connectivity index (χ1n) is 11.3. The third-order valence-electron chi connectivity index (χ3n) is 4.44. The quantitative estimate of drug-likeness (QED) is 0.144. The molecule has 46 heavy (non-hydrogen) atoms. The third kappa shape index (κ3) is 12.8. The van der Waals surface area contributed by atoms with Crippen molar-refractivity contribution in [1.82, 2.24) is 29.9 Å². The maximum Gasteiger partial charge on any atom is 1.00 e. The van der Waals surface area contributed by atoms with Crippen molar-refractivity contribution in [2.75, 3.05) is 17.2 Å². The van der Waals surface area contributed by atoms with Gasteiger partial charge in [0.2, 0.25) is 11.9 Å². The number of ether oxygens (including phenoxy) is 1. The van der Waals surface area contributed by atoms with Crippen molar-refractivity contribution in [3.63, 3.8) is 0 Å². The van der Waals surface area contributed by atoms with E-state index in [1.807, 2.05) is 0 Å². The summed E-state index contributed by atoms with van der Waals surface area (Å²) in [6.07, 6.45) is -9.15. The fraction of sp³-hybridized carbons (Fsp3) is 0.304. The molecule has 0 atom stereocenters. The Labute approximate surface area is 276 Å². The topological polar surface area (TPSA) is 226 Å². The minimum absolute atomic E-state index is 0. The van der Waals surface area contributed by atoms with Crippen molar-refractivity contribution < 1.29 is 75.6 Å². The molecule has 0 aliphatic heterocycles. The fourth-order valence-electron chi connectivity index (χ4n) is 2.79. The molecular weight excluding hydrogens is 669 g/mol. The van der Waals surface area contributed by atoms with Gasteiger partial charge in [-0.1, -0.05) is 7.43 Å². The van der Waals surface area contributed by atoms with Crippen LogP contribution in [-0.4, -0.2) is 64.5 Å². The van der Waals surface area contributed by atoms with Gasteiger partial charge < -0.3 is 31.4 Å². The number of aromatic carboxylic acids is 1. The van der Waals surface area contributed by atoms with Crippen LogP contribution in [0.4, 0.5) is 48.5 Å². The molecule has 248 valence electrons. The van der Waals surface area contributed by atoms with E-state index in [4.69, 9.17) is 9.84 Å². The van der Waals surface area contributed by atoms with Crippen molar-refractivity contribution >= 4 is 56.8 Å². The van der Waals surface area contributed by atoms with Crippen LogP contribution in [0.1, 0.15) is 58.1 Å². The zero-order valence-electron chi connectivity index (χ0n) is 23.4. The molecule has 0 aliphatic carbocycles. The molecule has 0 spiro atoms. The van der Waals surface area contributed by atoms with Gasteiger partial charge in [-0.25, -0.2) is 39.5 Å². The normalized spacial score (nSPS) is 10.4. The van der Waals surface area contributed by atoms with Crippen LogP contribution in [0.5, 0.6) is 0 Å². The number of rotatable bonds is 7. The Morgan fingerprint density at radius 3 is 1.54 bits per heavy atom. The average molecular weight is 695 g/mol. The summed E-state index contributed by atoms with van der Waals surface area (Å²) in [6, 6.07) is 1.66. The van der Waals surface area contributed by atoms with Crippen LogP contribution in [0, 0.1) is 13.8 Å². The number of esters is 1. The average Bonchev–Trinajstić information content (AvgIpc) is 3.53. The zero-order valence-corrected chi connectivity index (χ0v) is 25.0. The van der Waals surface area contributed by atoms with Crippen molar-refractivity contribution in [3.05, 3.63) is 57.1 Å². The van der Waals surface area contributed by atoms with Crippen LogP contribution < -0.4 is 29.5 Å². The van der Waals surface area contributed by atoms with Gasteiger partial charge in [0.25, 0.3) is 0 Å². The molecule has 14 nitrogen and oxygen atoms in total. The number of carboxylic acid groups (broad SMARTS) is 1. The summed E-state index contributed by atoms with van der Waals surface area (Å²) in [4.78, 5) is 44.1. The second kappa shape index (κ2) is 18.3. The van der Waals surface area contributed by atoms with Gasteiger partial charge in [-0.05, 0) is 32.9 Å². The van der Waals surface area contributed by atoms with E-state index in [1.54, 1.807) is 6.92 Å². The maximum absolute atomic E-state index is 12.7. The number of aromatic nitrogens is 6. The van der Waals surface area contributed by atoms with Crippen LogP contribution in [0.25, 0.3) is 0 Å². The van der Waals surface area contributed by atoms with Crippen LogP contribution in [0.3, 0.4) is 0 Å². The van der Waals surface area contributed by atoms with Crippen LogP contribution >= 0.6 is 22.7 Å². The smallest absolute Gasteiger partial charge is 0.870 e. The molecule has 0 radical (unpaired) electrons. The molecule has 23 heteroatoms. The van der Waals surface area contributed by atoms with Crippen LogP contribution in [0.2, 0.25) is 0 Å². The number of hydrogen-bond acceptors (Lipinski definition) is 14. The molecule has 0 unspecified atom stereocenters. The van der Waals surface area contributed by atoms with E-state index in [0.29, 0.717) is 0 Å². The van der Waals surface area contributed by atoms with Gasteiger partial charge in [0, 0.05) is 22.1 Å². The van der Waals surface area contributed by atoms with E-state index in [0.717, 1.165) is 34.8 Å². The first-order chi connectivity index (χ1) is 19.5. The van der Waals surface area contributed by atoms with Crippen molar-refractivity contribution in [3.8, 4) is 0 Å². The number of nitrogens with one attached hydrogen (secondary N) is 2. The second-order valence-electron chi connectivity index (χ2n) is 7.78. The number of halogens is 6. The van der Waals surface area contributed by atoms with Gasteiger partial charge in [0.1, 0.15) is 11.4 Å². The summed E-state index contributed by atoms with van der Waals surface area (Å²) in [5, 5.41) is 16.7. The number of carbonyl (C=O) groups is 2. The number of aryl methyl sites for hydroxylation is 2. The summed E-state index contributed by atoms with van der Waals surface area (Å²) in [5.41, 5.74) is -1.98. The monoisotopic (exact) mass is 694 g/mol. The molecule has 0 aromatic carbocycles. The van der Waals surface area contributed by atoms with Gasteiger partial charge in [0.15, 0.2) is 21.7 Å². The zero-order chi connectivity index (χ0) is 31.2. The predicted molar refractivity (Wildman–Crippen MR) is 150 cm³/mol. The number of alkyl halides is 6. The first-order valence-corrected chi connectivity index (χ1v) is 13.0. The Kier molecular flexibility index (Phi) is 17.5. The van der Waals surface area contributed by atoms with E-state index >= 15 is 0 Å². The summed E-state index contributed by atoms with van der Waals surface area (Å²) in [6.45, 7) is 4.68. The number of hydrogen-bond donors (Lipinski definition) is 3. The van der Waals surface area contributed by atoms with Crippen molar-refractivity contribution in [2.24, 2.45) is 0 Å². The Morgan fingerprint density at radius 1 is 0.804 bits per heavy atom. The number of carbonyl (C=O) groups excluding carboxylic acids is 1. The first kappa shape index (κ1) is 44.2. The van der Waals surface area contributed by atoms with E-state index in [-0.39, 0.29) is 88.8 Å². The van der Waals surface area contributed by atoms with Crippen LogP contribution in [0.15, 0.2) is 22.9 Å². The number of nitrogens with zero attached hydrogens (tertiary/aromatic N) is 6. The summed E-state index contributed by atoms with van der Waals surface area (Å²) in [7, 11) is 0. The standard InChI is InChI=1S/C12H11F3N4O2S.C10H7F3N4O2S.CH4.Li.2H2O/c1-3-21-9(20)7-5-22-11(17-7)19-10-16-6(2)4-8(18-10)12(13,14)15;1-4-2-6(10(11,12)13)16-8(14-4)17-9-15-5(3-20-9)7(18)19;;;;/h4-5H,3H2,1-2H3,(H,16,17,18,19);2-3H,1H3,(H,18,19)(H,14,15,16,17);1H4;;2*1H2/q;;;+1;;/p-1. The molecular formula is C23H25F6LiN8O6S2. The van der Waals surface area contributed by atoms with E-state index in [1.165, 1.54) is 24.6 Å². The minimum Gasteiger partial charge on any atom is -0.870 e. The molecule has 0 bridgehead atoms. The van der Waals surface area contributed by atoms with Gasteiger partial charge in [-0.3, -0.25) is 0 Å². The Bertz CT molecular complexity index is 1590. The minimum atomic E-state index is -4.58. The van der Waals surface area contributed by atoms with E-state index in [2.05, 4.69) is 40.5 Å². The maximum atomic E-state index is 12.7. The molecule has 0 aliphatic rings. The summed E-state index contributed by atoms with van der Waals surface area (Å²) >= 11 is 1.96. The van der Waals surface area contributed by atoms with E-state index < -0.39 is 35.7 Å². The van der Waals surface area contributed by atoms with Gasteiger partial charge in [-0.2, -0.15) is 26.3 Å². The number of carboxylic acids is 1. The Morgan fingerprint density at radius 2 is 1.20 bits per heavy atom. The fourth-order valence-corrected chi connectivity index (χ4v) is 4.14.